The van der Waals surface area contributed by atoms with E-state index in [0.717, 1.165) is 41.3 Å². The van der Waals surface area contributed by atoms with Gasteiger partial charge in [0.25, 0.3) is 0 Å². The van der Waals surface area contributed by atoms with Gasteiger partial charge in [-0.3, -0.25) is 0 Å². The van der Waals surface area contributed by atoms with Crippen molar-refractivity contribution in [1.29, 1.82) is 0 Å². The molecule has 4 heteroatoms. The molecule has 0 fully saturated rings. The third-order valence-electron chi connectivity index (χ3n) is 3.13. The zero-order valence-electron chi connectivity index (χ0n) is 12.0. The third kappa shape index (κ3) is 3.29. The number of nitrogens with two attached hydrogens (primary N) is 1. The van der Waals surface area contributed by atoms with E-state index in [0.29, 0.717) is 0 Å². The minimum atomic E-state index is 0.192. The summed E-state index contributed by atoms with van der Waals surface area (Å²) >= 11 is 0. The molecule has 1 unspecified atom stereocenters. The first-order valence-electron chi connectivity index (χ1n) is 6.22. The van der Waals surface area contributed by atoms with Crippen LogP contribution in [0.25, 0.3) is 0 Å². The lowest BCUT2D eigenvalue weighted by Crippen LogP contribution is -2.19. The molecule has 0 radical (unpaired) electrons. The molecule has 0 saturated carbocycles. The Bertz CT molecular complexity index is 403. The molecule has 0 saturated heterocycles. The highest BCUT2D eigenvalue weighted by atomic mass is 16.5. The fourth-order valence-corrected chi connectivity index (χ4v) is 1.90. The fraction of sp³-hybridized carbons (Fsp3) is 0.571. The van der Waals surface area contributed by atoms with Gasteiger partial charge in [-0.05, 0) is 38.3 Å². The van der Waals surface area contributed by atoms with Gasteiger partial charge in [0.1, 0.15) is 11.5 Å². The van der Waals surface area contributed by atoms with Gasteiger partial charge >= 0.3 is 0 Å². The Kier molecular flexibility index (Phi) is 5.28. The molecule has 1 aromatic carbocycles. The van der Waals surface area contributed by atoms with Crippen LogP contribution in [0.5, 0.6) is 11.5 Å². The average molecular weight is 252 g/mol. The molecule has 0 aliphatic heterocycles. The van der Waals surface area contributed by atoms with E-state index in [1.807, 2.05) is 26.8 Å². The van der Waals surface area contributed by atoms with E-state index in [9.17, 15) is 0 Å². The maximum absolute atomic E-state index is 5.74. The molecule has 0 bridgehead atoms. The average Bonchev–Trinajstić information content (AvgIpc) is 2.33. The van der Waals surface area contributed by atoms with E-state index in [1.165, 1.54) is 0 Å². The summed E-state index contributed by atoms with van der Waals surface area (Å²) in [7, 11) is 3.37. The molecule has 0 amide bonds. The molecule has 0 aromatic heterocycles. The number of hydrogen-bond donors (Lipinski definition) is 2. The van der Waals surface area contributed by atoms with Crippen LogP contribution in [0.2, 0.25) is 0 Å². The molecule has 0 aliphatic carbocycles. The number of hydrogen-bond acceptors (Lipinski definition) is 4. The number of benzene rings is 1. The first kappa shape index (κ1) is 14.6. The van der Waals surface area contributed by atoms with E-state index in [-0.39, 0.29) is 6.04 Å². The standard InChI is InChI=1S/C14H24N2O2/c1-9(15)6-7-16-12-8-13(17-4)10(2)11(3)14(12)18-5/h8-9,16H,6-7,15H2,1-5H3. The van der Waals surface area contributed by atoms with Crippen LogP contribution in [0.1, 0.15) is 24.5 Å². The number of rotatable bonds is 6. The lowest BCUT2D eigenvalue weighted by atomic mass is 10.1. The molecule has 1 atom stereocenters. The van der Waals surface area contributed by atoms with E-state index in [2.05, 4.69) is 5.32 Å². The highest BCUT2D eigenvalue weighted by molar-refractivity contribution is 5.66. The first-order valence-corrected chi connectivity index (χ1v) is 6.22. The SMILES string of the molecule is COc1cc(NCCC(C)N)c(OC)c(C)c1C. The maximum Gasteiger partial charge on any atom is 0.145 e. The van der Waals surface area contributed by atoms with E-state index in [4.69, 9.17) is 15.2 Å². The molecule has 18 heavy (non-hydrogen) atoms. The van der Waals surface area contributed by atoms with Crippen molar-refractivity contribution in [1.82, 2.24) is 0 Å². The van der Waals surface area contributed by atoms with Crippen LogP contribution in [-0.2, 0) is 0 Å². The molecule has 102 valence electrons. The van der Waals surface area contributed by atoms with Crippen molar-refractivity contribution in [3.05, 3.63) is 17.2 Å². The summed E-state index contributed by atoms with van der Waals surface area (Å²) in [5.74, 6) is 1.74. The van der Waals surface area contributed by atoms with E-state index < -0.39 is 0 Å². The third-order valence-corrected chi connectivity index (χ3v) is 3.13. The van der Waals surface area contributed by atoms with Gasteiger partial charge < -0.3 is 20.5 Å². The van der Waals surface area contributed by atoms with Gasteiger partial charge in [0.05, 0.1) is 19.9 Å². The lowest BCUT2D eigenvalue weighted by molar-refractivity contribution is 0.399. The molecule has 4 nitrogen and oxygen atoms in total. The van der Waals surface area contributed by atoms with Gasteiger partial charge in [0.15, 0.2) is 0 Å². The summed E-state index contributed by atoms with van der Waals surface area (Å²) < 4.78 is 10.8. The Hall–Kier alpha value is -1.42. The summed E-state index contributed by atoms with van der Waals surface area (Å²) in [6, 6.07) is 2.17. The van der Waals surface area contributed by atoms with E-state index >= 15 is 0 Å². The van der Waals surface area contributed by atoms with Crippen molar-refractivity contribution in [3.63, 3.8) is 0 Å². The van der Waals surface area contributed by atoms with Crippen molar-refractivity contribution >= 4 is 5.69 Å². The second-order valence-electron chi connectivity index (χ2n) is 4.60. The van der Waals surface area contributed by atoms with Crippen molar-refractivity contribution in [3.8, 4) is 11.5 Å². The van der Waals surface area contributed by atoms with Crippen LogP contribution in [-0.4, -0.2) is 26.8 Å². The summed E-state index contributed by atoms with van der Waals surface area (Å²) in [5, 5.41) is 3.35. The summed E-state index contributed by atoms with van der Waals surface area (Å²) in [6.45, 7) is 6.88. The Labute approximate surface area is 109 Å². The van der Waals surface area contributed by atoms with Gasteiger partial charge in [-0.2, -0.15) is 0 Å². The molecular formula is C14H24N2O2. The van der Waals surface area contributed by atoms with Crippen LogP contribution in [0.15, 0.2) is 6.07 Å². The van der Waals surface area contributed by atoms with Crippen LogP contribution in [0.3, 0.4) is 0 Å². The molecule has 0 aliphatic rings. The van der Waals surface area contributed by atoms with Crippen LogP contribution in [0.4, 0.5) is 5.69 Å². The van der Waals surface area contributed by atoms with Crippen molar-refractivity contribution in [2.75, 3.05) is 26.1 Å². The topological polar surface area (TPSA) is 56.5 Å². The molecule has 0 spiro atoms. The monoisotopic (exact) mass is 252 g/mol. The molecule has 1 aromatic rings. The zero-order valence-corrected chi connectivity index (χ0v) is 12.0. The highest BCUT2D eigenvalue weighted by Crippen LogP contribution is 2.36. The fourth-order valence-electron chi connectivity index (χ4n) is 1.90. The Morgan fingerprint density at radius 1 is 1.22 bits per heavy atom. The van der Waals surface area contributed by atoms with Gasteiger partial charge in [-0.25, -0.2) is 0 Å². The quantitative estimate of drug-likeness (QED) is 0.816. The second kappa shape index (κ2) is 6.50. The lowest BCUT2D eigenvalue weighted by Gasteiger charge is -2.18. The van der Waals surface area contributed by atoms with Crippen molar-refractivity contribution < 1.29 is 9.47 Å². The van der Waals surface area contributed by atoms with Crippen molar-refractivity contribution in [2.45, 2.75) is 33.2 Å². The molecule has 3 N–H and O–H groups in total. The summed E-state index contributed by atoms with van der Waals surface area (Å²) in [4.78, 5) is 0. The molecule has 0 heterocycles. The molecular weight excluding hydrogens is 228 g/mol. The Balaban J connectivity index is 2.98. The smallest absolute Gasteiger partial charge is 0.145 e. The zero-order chi connectivity index (χ0) is 13.7. The molecule has 1 rings (SSSR count). The largest absolute Gasteiger partial charge is 0.496 e. The van der Waals surface area contributed by atoms with Gasteiger partial charge in [-0.1, -0.05) is 0 Å². The number of ether oxygens (including phenoxy) is 2. The van der Waals surface area contributed by atoms with Gasteiger partial charge in [0.2, 0.25) is 0 Å². The van der Waals surface area contributed by atoms with Crippen LogP contribution >= 0.6 is 0 Å². The summed E-state index contributed by atoms with van der Waals surface area (Å²) in [6.07, 6.45) is 0.915. The predicted molar refractivity (Wildman–Crippen MR) is 75.8 cm³/mol. The van der Waals surface area contributed by atoms with E-state index in [1.54, 1.807) is 14.2 Å². The van der Waals surface area contributed by atoms with Crippen LogP contribution in [0, 0.1) is 13.8 Å². The predicted octanol–water partition coefficient (Wildman–Crippen LogP) is 2.47. The number of anilines is 1. The summed E-state index contributed by atoms with van der Waals surface area (Å²) in [5.41, 5.74) is 8.90. The normalized spacial score (nSPS) is 12.1. The maximum atomic E-state index is 5.74. The number of methoxy groups -OCH3 is 2. The number of nitrogens with one attached hydrogen (secondary N) is 1. The minimum absolute atomic E-state index is 0.192. The minimum Gasteiger partial charge on any atom is -0.496 e. The Morgan fingerprint density at radius 3 is 2.39 bits per heavy atom. The van der Waals surface area contributed by atoms with Gasteiger partial charge in [-0.15, -0.1) is 0 Å². The first-order chi connectivity index (χ1) is 8.51. The highest BCUT2D eigenvalue weighted by Gasteiger charge is 2.13. The second-order valence-corrected chi connectivity index (χ2v) is 4.60. The van der Waals surface area contributed by atoms with Crippen LogP contribution < -0.4 is 20.5 Å². The van der Waals surface area contributed by atoms with Crippen molar-refractivity contribution in [2.24, 2.45) is 5.73 Å². The van der Waals surface area contributed by atoms with Gasteiger partial charge in [0, 0.05) is 18.7 Å². The Morgan fingerprint density at radius 2 is 1.89 bits per heavy atom.